The van der Waals surface area contributed by atoms with Crippen molar-refractivity contribution in [2.45, 2.75) is 56.1 Å². The average Bonchev–Trinajstić information content (AvgIpc) is 3.24. The molecule has 0 amide bonds. The highest BCUT2D eigenvalue weighted by Gasteiger charge is 2.51. The molecule has 2 rings (SSSR count). The molecule has 1 aliphatic rings. The minimum atomic E-state index is -1.38. The van der Waals surface area contributed by atoms with Crippen molar-refractivity contribution in [2.75, 3.05) is 6.61 Å². The second kappa shape index (κ2) is 7.30. The van der Waals surface area contributed by atoms with Crippen molar-refractivity contribution >= 4 is 24.8 Å². The number of rotatable bonds is 7. The Kier molecular flexibility index (Phi) is 5.84. The van der Waals surface area contributed by atoms with Crippen LogP contribution >= 0.6 is 0 Å². The van der Waals surface area contributed by atoms with Crippen LogP contribution < -0.4 is 0 Å². The fourth-order valence-corrected chi connectivity index (χ4v) is 7.97. The first-order valence-electron chi connectivity index (χ1n) is 8.37. The van der Waals surface area contributed by atoms with Crippen LogP contribution in [0.3, 0.4) is 0 Å². The molecule has 128 valence electrons. The zero-order chi connectivity index (χ0) is 17.2. The van der Waals surface area contributed by atoms with E-state index >= 15 is 0 Å². The first kappa shape index (κ1) is 18.4. The molecule has 1 saturated carbocycles. The van der Waals surface area contributed by atoms with Gasteiger partial charge in [-0.1, -0.05) is 37.3 Å². The average molecular weight is 353 g/mol. The molecule has 0 heterocycles. The topological polar surface area (TPSA) is 43.4 Å². The van der Waals surface area contributed by atoms with E-state index in [9.17, 15) is 9.00 Å². The first-order chi connectivity index (χ1) is 10.7. The van der Waals surface area contributed by atoms with Crippen molar-refractivity contribution in [2.24, 2.45) is 11.8 Å². The van der Waals surface area contributed by atoms with Crippen molar-refractivity contribution in [3.8, 4) is 0 Å². The van der Waals surface area contributed by atoms with Gasteiger partial charge in [0.1, 0.15) is 0 Å². The molecule has 1 aromatic rings. The predicted octanol–water partition coefficient (Wildman–Crippen LogP) is 4.01. The van der Waals surface area contributed by atoms with E-state index in [0.717, 1.165) is 17.4 Å². The first-order valence-corrected chi connectivity index (χ1v) is 13.3. The lowest BCUT2D eigenvalue weighted by Gasteiger charge is -2.24. The van der Waals surface area contributed by atoms with Crippen molar-refractivity contribution in [1.29, 1.82) is 0 Å². The maximum atomic E-state index is 13.1. The molecule has 0 aromatic heterocycles. The molecule has 0 saturated heterocycles. The number of hydrogen-bond acceptors (Lipinski definition) is 3. The van der Waals surface area contributed by atoms with Gasteiger partial charge >= 0.3 is 5.97 Å². The molecule has 0 bridgehead atoms. The smallest absolute Gasteiger partial charge is 0.309 e. The molecule has 1 fully saturated rings. The van der Waals surface area contributed by atoms with Crippen LogP contribution in [0.5, 0.6) is 0 Å². The van der Waals surface area contributed by atoms with E-state index in [0.29, 0.717) is 6.61 Å². The molecule has 3 nitrogen and oxygen atoms in total. The monoisotopic (exact) mass is 352 g/mol. The lowest BCUT2D eigenvalue weighted by atomic mass is 10.2. The van der Waals surface area contributed by atoms with Crippen molar-refractivity contribution in [3.05, 3.63) is 29.8 Å². The van der Waals surface area contributed by atoms with Gasteiger partial charge in [0.15, 0.2) is 0 Å². The number of benzene rings is 1. The highest BCUT2D eigenvalue weighted by atomic mass is 32.2. The van der Waals surface area contributed by atoms with Crippen molar-refractivity contribution in [3.63, 3.8) is 0 Å². The Bertz CT molecular complexity index is 577. The van der Waals surface area contributed by atoms with E-state index in [-0.39, 0.29) is 23.1 Å². The van der Waals surface area contributed by atoms with Gasteiger partial charge in [0.05, 0.1) is 23.3 Å². The quantitative estimate of drug-likeness (QED) is 0.550. The Morgan fingerprint density at radius 3 is 2.43 bits per heavy atom. The lowest BCUT2D eigenvalue weighted by Crippen LogP contribution is -2.32. The van der Waals surface area contributed by atoms with Gasteiger partial charge in [-0.15, -0.1) is 0 Å². The molecule has 1 unspecified atom stereocenters. The van der Waals surface area contributed by atoms with Gasteiger partial charge in [-0.05, 0) is 44.4 Å². The molecule has 1 aliphatic carbocycles. The summed E-state index contributed by atoms with van der Waals surface area (Å²) in [4.78, 5) is 12.9. The Balaban J connectivity index is 2.17. The van der Waals surface area contributed by atoms with Crippen LogP contribution in [0, 0.1) is 18.8 Å². The number of esters is 1. The minimum Gasteiger partial charge on any atom is -0.466 e. The fraction of sp³-hybridized carbons (Fsp3) is 0.611. The van der Waals surface area contributed by atoms with Gasteiger partial charge in [0.2, 0.25) is 0 Å². The summed E-state index contributed by atoms with van der Waals surface area (Å²) in [5.41, 5.74) is 1.17. The summed E-state index contributed by atoms with van der Waals surface area (Å²) < 4.78 is 18.3. The van der Waals surface area contributed by atoms with Gasteiger partial charge < -0.3 is 4.74 Å². The summed E-state index contributed by atoms with van der Waals surface area (Å²) in [6, 6.07) is 8.92. The SMILES string of the molecule is CCOC(=O)[C@H]1C[C@@H]1[C@H](C[Si](C)(C)C)S(=O)c1ccc(C)cc1. The number of aryl methyl sites for hydroxylation is 1. The van der Waals surface area contributed by atoms with Crippen LogP contribution in [0.2, 0.25) is 25.7 Å². The van der Waals surface area contributed by atoms with Gasteiger partial charge in [-0.25, -0.2) is 0 Å². The highest BCUT2D eigenvalue weighted by molar-refractivity contribution is 7.85. The summed E-state index contributed by atoms with van der Waals surface area (Å²) in [6.07, 6.45) is 0.825. The number of carbonyl (C=O) groups is 1. The zero-order valence-electron chi connectivity index (χ0n) is 14.8. The standard InChI is InChI=1S/C18H28O3SSi/c1-6-21-18(19)16-11-15(16)17(12-23(3,4)5)22(20)14-9-7-13(2)8-10-14/h7-10,15-17H,6,11-12H2,1-5H3/t15-,16-,17-,22?/m0/s1. The van der Waals surface area contributed by atoms with E-state index in [1.807, 2.05) is 38.1 Å². The Labute approximate surface area is 143 Å². The van der Waals surface area contributed by atoms with Crippen LogP contribution in [0.15, 0.2) is 29.2 Å². The molecule has 0 N–H and O–H groups in total. The molecule has 23 heavy (non-hydrogen) atoms. The van der Waals surface area contributed by atoms with Crippen molar-refractivity contribution in [1.82, 2.24) is 0 Å². The third kappa shape index (κ3) is 5.01. The van der Waals surface area contributed by atoms with Gasteiger partial charge in [0.25, 0.3) is 0 Å². The Hall–Kier alpha value is -0.943. The molecule has 4 atom stereocenters. The summed E-state index contributed by atoms with van der Waals surface area (Å²) in [5, 5.41) is 0.0683. The Morgan fingerprint density at radius 2 is 1.91 bits per heavy atom. The zero-order valence-corrected chi connectivity index (χ0v) is 16.6. The third-order valence-electron chi connectivity index (χ3n) is 4.25. The van der Waals surface area contributed by atoms with Crippen LogP contribution in [0.4, 0.5) is 0 Å². The van der Waals surface area contributed by atoms with Crippen LogP contribution in [0.25, 0.3) is 0 Å². The van der Waals surface area contributed by atoms with Crippen LogP contribution in [0.1, 0.15) is 18.9 Å². The van der Waals surface area contributed by atoms with E-state index in [4.69, 9.17) is 4.74 Å². The molecule has 1 aromatic carbocycles. The maximum absolute atomic E-state index is 13.1. The third-order valence-corrected chi connectivity index (χ3v) is 8.01. The molecule has 0 aliphatic heterocycles. The lowest BCUT2D eigenvalue weighted by molar-refractivity contribution is -0.145. The van der Waals surface area contributed by atoms with Crippen LogP contribution in [-0.2, 0) is 20.3 Å². The normalized spacial score (nSPS) is 23.2. The summed E-state index contributed by atoms with van der Waals surface area (Å²) in [6.45, 7) is 11.2. The predicted molar refractivity (Wildman–Crippen MR) is 97.8 cm³/mol. The van der Waals surface area contributed by atoms with Gasteiger partial charge in [-0.2, -0.15) is 0 Å². The highest BCUT2D eigenvalue weighted by Crippen LogP contribution is 2.47. The molecule has 0 radical (unpaired) electrons. The molecular formula is C18H28O3SSi. The van der Waals surface area contributed by atoms with Gasteiger partial charge in [0, 0.05) is 18.2 Å². The number of ether oxygens (including phenoxy) is 1. The van der Waals surface area contributed by atoms with Gasteiger partial charge in [-0.3, -0.25) is 9.00 Å². The van der Waals surface area contributed by atoms with E-state index < -0.39 is 18.9 Å². The molecular weight excluding hydrogens is 324 g/mol. The molecule has 5 heteroatoms. The maximum Gasteiger partial charge on any atom is 0.309 e. The van der Waals surface area contributed by atoms with E-state index in [2.05, 4.69) is 19.6 Å². The largest absolute Gasteiger partial charge is 0.466 e. The van der Waals surface area contributed by atoms with E-state index in [1.54, 1.807) is 0 Å². The van der Waals surface area contributed by atoms with Crippen molar-refractivity contribution < 1.29 is 13.7 Å². The Morgan fingerprint density at radius 1 is 1.30 bits per heavy atom. The number of hydrogen-bond donors (Lipinski definition) is 0. The number of carbonyl (C=O) groups excluding carboxylic acids is 1. The summed E-state index contributed by atoms with van der Waals surface area (Å²) in [5.74, 6) is 0.0487. The second-order valence-corrected chi connectivity index (χ2v) is 14.9. The molecule has 0 spiro atoms. The summed E-state index contributed by atoms with van der Waals surface area (Å²) in [7, 11) is -2.44. The van der Waals surface area contributed by atoms with Crippen LogP contribution in [-0.4, -0.2) is 30.1 Å². The minimum absolute atomic E-state index is 0.0503. The second-order valence-electron chi connectivity index (χ2n) is 7.67. The fourth-order valence-electron chi connectivity index (χ4n) is 2.98. The summed E-state index contributed by atoms with van der Waals surface area (Å²) >= 11 is 0. The van der Waals surface area contributed by atoms with E-state index in [1.165, 1.54) is 5.56 Å².